The standard InChI is InChI=1S/C13H17N2O/c14-13(16)12(11-7-3-1-4-8-11)15-9-5-2-6-10-15/h3-4,7-8,12H,2,5-6,9-10H2,(H2,14,16). The summed E-state index contributed by atoms with van der Waals surface area (Å²) in [4.78, 5) is 13.8. The van der Waals surface area contributed by atoms with E-state index in [4.69, 9.17) is 5.73 Å². The summed E-state index contributed by atoms with van der Waals surface area (Å²) in [6.45, 7) is 1.93. The quantitative estimate of drug-likeness (QED) is 0.834. The van der Waals surface area contributed by atoms with Crippen LogP contribution in [0.3, 0.4) is 0 Å². The molecule has 1 amide bonds. The molecule has 85 valence electrons. The predicted molar refractivity (Wildman–Crippen MR) is 62.6 cm³/mol. The van der Waals surface area contributed by atoms with Gasteiger partial charge in [0.25, 0.3) is 0 Å². The maximum Gasteiger partial charge on any atom is 0.239 e. The van der Waals surface area contributed by atoms with Crippen molar-refractivity contribution in [2.24, 2.45) is 5.73 Å². The Bertz CT molecular complexity index is 344. The fourth-order valence-electron chi connectivity index (χ4n) is 2.31. The zero-order valence-electron chi connectivity index (χ0n) is 9.36. The molecule has 0 spiro atoms. The van der Waals surface area contributed by atoms with Gasteiger partial charge in [-0.05, 0) is 37.6 Å². The van der Waals surface area contributed by atoms with Gasteiger partial charge in [0.05, 0.1) is 0 Å². The molecule has 1 atom stereocenters. The average Bonchev–Trinajstić information content (AvgIpc) is 2.31. The summed E-state index contributed by atoms with van der Waals surface area (Å²) in [7, 11) is 0. The zero-order chi connectivity index (χ0) is 11.4. The molecule has 0 aromatic heterocycles. The molecule has 1 saturated heterocycles. The largest absolute Gasteiger partial charge is 0.368 e. The number of primary amides is 1. The van der Waals surface area contributed by atoms with Crippen LogP contribution < -0.4 is 5.73 Å². The van der Waals surface area contributed by atoms with E-state index in [0.717, 1.165) is 31.5 Å². The highest BCUT2D eigenvalue weighted by molar-refractivity contribution is 5.81. The Morgan fingerprint density at radius 3 is 2.44 bits per heavy atom. The van der Waals surface area contributed by atoms with Crippen LogP contribution >= 0.6 is 0 Å². The van der Waals surface area contributed by atoms with Crippen molar-refractivity contribution in [1.29, 1.82) is 0 Å². The number of amides is 1. The van der Waals surface area contributed by atoms with E-state index < -0.39 is 0 Å². The molecule has 1 heterocycles. The number of rotatable bonds is 3. The van der Waals surface area contributed by atoms with Crippen molar-refractivity contribution in [3.05, 3.63) is 35.9 Å². The molecule has 0 bridgehead atoms. The molecule has 2 rings (SSSR count). The van der Waals surface area contributed by atoms with Crippen LogP contribution in [0.4, 0.5) is 0 Å². The van der Waals surface area contributed by atoms with Crippen LogP contribution in [0.2, 0.25) is 0 Å². The van der Waals surface area contributed by atoms with Gasteiger partial charge < -0.3 is 5.73 Å². The van der Waals surface area contributed by atoms with Crippen LogP contribution in [0, 0.1) is 6.07 Å². The van der Waals surface area contributed by atoms with Gasteiger partial charge in [-0.2, -0.15) is 0 Å². The highest BCUT2D eigenvalue weighted by Gasteiger charge is 2.26. The highest BCUT2D eigenvalue weighted by atomic mass is 16.1. The third-order valence-corrected chi connectivity index (χ3v) is 3.09. The summed E-state index contributed by atoms with van der Waals surface area (Å²) in [6, 6.07) is 10.2. The molecule has 1 aliphatic heterocycles. The maximum absolute atomic E-state index is 11.6. The minimum absolute atomic E-state index is 0.256. The summed E-state index contributed by atoms with van der Waals surface area (Å²) >= 11 is 0. The molecule has 1 fully saturated rings. The lowest BCUT2D eigenvalue weighted by Gasteiger charge is -2.32. The predicted octanol–water partition coefficient (Wildman–Crippen LogP) is 1.50. The van der Waals surface area contributed by atoms with Crippen molar-refractivity contribution in [3.63, 3.8) is 0 Å². The van der Waals surface area contributed by atoms with Crippen LogP contribution in [0.1, 0.15) is 30.9 Å². The van der Waals surface area contributed by atoms with Gasteiger partial charge in [0.2, 0.25) is 5.91 Å². The Morgan fingerprint density at radius 2 is 1.88 bits per heavy atom. The van der Waals surface area contributed by atoms with E-state index in [0.29, 0.717) is 0 Å². The monoisotopic (exact) mass is 217 g/mol. The summed E-state index contributed by atoms with van der Waals surface area (Å²) in [6.07, 6.45) is 3.57. The van der Waals surface area contributed by atoms with Gasteiger partial charge in [0, 0.05) is 0 Å². The van der Waals surface area contributed by atoms with Crippen molar-refractivity contribution in [2.75, 3.05) is 13.1 Å². The molecule has 0 aliphatic carbocycles. The third-order valence-electron chi connectivity index (χ3n) is 3.09. The van der Waals surface area contributed by atoms with Crippen molar-refractivity contribution in [1.82, 2.24) is 4.90 Å². The second kappa shape index (κ2) is 5.12. The van der Waals surface area contributed by atoms with Gasteiger partial charge in [-0.15, -0.1) is 0 Å². The Morgan fingerprint density at radius 1 is 1.25 bits per heavy atom. The van der Waals surface area contributed by atoms with Gasteiger partial charge in [0.1, 0.15) is 6.04 Å². The first-order valence-corrected chi connectivity index (χ1v) is 5.78. The smallest absolute Gasteiger partial charge is 0.239 e. The van der Waals surface area contributed by atoms with Gasteiger partial charge in [-0.1, -0.05) is 30.7 Å². The molecule has 1 radical (unpaired) electrons. The summed E-state index contributed by atoms with van der Waals surface area (Å²) < 4.78 is 0. The van der Waals surface area contributed by atoms with E-state index >= 15 is 0 Å². The van der Waals surface area contributed by atoms with Gasteiger partial charge in [0.15, 0.2) is 0 Å². The Balaban J connectivity index is 2.20. The summed E-state index contributed by atoms with van der Waals surface area (Å²) in [5.41, 5.74) is 6.49. The molecule has 0 saturated carbocycles. The molecule has 1 aromatic rings. The first kappa shape index (κ1) is 11.1. The highest BCUT2D eigenvalue weighted by Crippen LogP contribution is 2.23. The average molecular weight is 217 g/mol. The third kappa shape index (κ3) is 2.42. The summed E-state index contributed by atoms with van der Waals surface area (Å²) in [5, 5.41) is 0. The molecule has 3 nitrogen and oxygen atoms in total. The molecular weight excluding hydrogens is 200 g/mol. The number of nitrogens with two attached hydrogens (primary N) is 1. The van der Waals surface area contributed by atoms with Crippen molar-refractivity contribution < 1.29 is 4.79 Å². The summed E-state index contributed by atoms with van der Waals surface area (Å²) in [5.74, 6) is -0.256. The van der Waals surface area contributed by atoms with E-state index in [1.165, 1.54) is 6.42 Å². The van der Waals surface area contributed by atoms with E-state index in [-0.39, 0.29) is 11.9 Å². The maximum atomic E-state index is 11.6. The SMILES string of the molecule is NC(=O)C(c1cc[c]cc1)N1CCCCC1. The number of likely N-dealkylation sites (tertiary alicyclic amines) is 1. The second-order valence-corrected chi connectivity index (χ2v) is 4.23. The van der Waals surface area contributed by atoms with Gasteiger partial charge in [-0.25, -0.2) is 0 Å². The topological polar surface area (TPSA) is 46.3 Å². The molecule has 1 aliphatic rings. The fourth-order valence-corrected chi connectivity index (χ4v) is 2.31. The molecular formula is C13H17N2O. The number of hydrogen-bond acceptors (Lipinski definition) is 2. The zero-order valence-corrected chi connectivity index (χ0v) is 9.36. The lowest BCUT2D eigenvalue weighted by atomic mass is 10.0. The number of benzene rings is 1. The number of hydrogen-bond donors (Lipinski definition) is 1. The van der Waals surface area contributed by atoms with Crippen molar-refractivity contribution >= 4 is 5.91 Å². The van der Waals surface area contributed by atoms with Gasteiger partial charge >= 0.3 is 0 Å². The molecule has 16 heavy (non-hydrogen) atoms. The molecule has 1 aromatic carbocycles. The lowest BCUT2D eigenvalue weighted by molar-refractivity contribution is -0.123. The van der Waals surface area contributed by atoms with Gasteiger partial charge in [-0.3, -0.25) is 9.69 Å². The van der Waals surface area contributed by atoms with Crippen LogP contribution in [-0.2, 0) is 4.79 Å². The molecule has 2 N–H and O–H groups in total. The number of carbonyl (C=O) groups excluding carboxylic acids is 1. The van der Waals surface area contributed by atoms with Crippen molar-refractivity contribution in [3.8, 4) is 0 Å². The Hall–Kier alpha value is -1.35. The van der Waals surface area contributed by atoms with E-state index in [1.807, 2.05) is 24.3 Å². The van der Waals surface area contributed by atoms with Crippen LogP contribution in [-0.4, -0.2) is 23.9 Å². The van der Waals surface area contributed by atoms with Crippen LogP contribution in [0.25, 0.3) is 0 Å². The molecule has 3 heteroatoms. The Labute approximate surface area is 96.2 Å². The molecule has 1 unspecified atom stereocenters. The first-order chi connectivity index (χ1) is 7.79. The normalized spacial score (nSPS) is 19.2. The fraction of sp³-hybridized carbons (Fsp3) is 0.462. The van der Waals surface area contributed by atoms with Crippen LogP contribution in [0.5, 0.6) is 0 Å². The number of carbonyl (C=O) groups is 1. The Kier molecular flexibility index (Phi) is 3.57. The van der Waals surface area contributed by atoms with Crippen molar-refractivity contribution in [2.45, 2.75) is 25.3 Å². The minimum atomic E-state index is -0.269. The van der Waals surface area contributed by atoms with E-state index in [1.54, 1.807) is 0 Å². The lowest BCUT2D eigenvalue weighted by Crippen LogP contribution is -2.40. The first-order valence-electron chi connectivity index (χ1n) is 5.78. The van der Waals surface area contributed by atoms with Crippen LogP contribution in [0.15, 0.2) is 24.3 Å². The van der Waals surface area contributed by atoms with E-state index in [2.05, 4.69) is 11.0 Å². The van der Waals surface area contributed by atoms with E-state index in [9.17, 15) is 4.79 Å². The number of nitrogens with zero attached hydrogens (tertiary/aromatic N) is 1. The number of piperidine rings is 1. The second-order valence-electron chi connectivity index (χ2n) is 4.23. The minimum Gasteiger partial charge on any atom is -0.368 e.